The Morgan fingerprint density at radius 3 is 3.11 bits per heavy atom. The summed E-state index contributed by atoms with van der Waals surface area (Å²) in [4.78, 5) is 6.98. The van der Waals surface area contributed by atoms with Crippen molar-refractivity contribution >= 4 is 15.9 Å². The fourth-order valence-corrected chi connectivity index (χ4v) is 2.77. The van der Waals surface area contributed by atoms with Gasteiger partial charge in [0.05, 0.1) is 5.69 Å². The van der Waals surface area contributed by atoms with Crippen molar-refractivity contribution in [2.45, 2.75) is 26.3 Å². The number of hydrogen-bond donors (Lipinski definition) is 1. The number of aromatic nitrogens is 1. The Morgan fingerprint density at radius 1 is 1.50 bits per heavy atom. The summed E-state index contributed by atoms with van der Waals surface area (Å²) in [6, 6.07) is 4.18. The molecule has 0 spiro atoms. The SMILES string of the molecule is CCNCC1CCCN(Cc2ccc(Br)cn2)C1. The van der Waals surface area contributed by atoms with Crippen LogP contribution in [0.25, 0.3) is 0 Å². The predicted molar refractivity (Wildman–Crippen MR) is 78.5 cm³/mol. The molecule has 2 rings (SSSR count). The molecule has 1 atom stereocenters. The van der Waals surface area contributed by atoms with Crippen molar-refractivity contribution in [2.24, 2.45) is 5.92 Å². The molecule has 1 aromatic heterocycles. The van der Waals surface area contributed by atoms with Gasteiger partial charge < -0.3 is 5.32 Å². The maximum absolute atomic E-state index is 4.46. The Hall–Kier alpha value is -0.450. The standard InChI is InChI=1S/C14H22BrN3/c1-2-16-8-12-4-3-7-18(10-12)11-14-6-5-13(15)9-17-14/h5-6,9,12,16H,2-4,7-8,10-11H2,1H3. The summed E-state index contributed by atoms with van der Waals surface area (Å²) in [5.41, 5.74) is 1.17. The summed E-state index contributed by atoms with van der Waals surface area (Å²) in [6.45, 7) is 7.79. The number of hydrogen-bond acceptors (Lipinski definition) is 3. The smallest absolute Gasteiger partial charge is 0.0544 e. The number of likely N-dealkylation sites (tertiary alicyclic amines) is 1. The molecule has 1 unspecified atom stereocenters. The molecule has 2 heterocycles. The minimum Gasteiger partial charge on any atom is -0.317 e. The zero-order chi connectivity index (χ0) is 12.8. The topological polar surface area (TPSA) is 28.2 Å². The van der Waals surface area contributed by atoms with Crippen molar-refractivity contribution in [3.63, 3.8) is 0 Å². The van der Waals surface area contributed by atoms with Gasteiger partial charge in [-0.25, -0.2) is 0 Å². The van der Waals surface area contributed by atoms with Gasteiger partial charge in [0.1, 0.15) is 0 Å². The average Bonchev–Trinajstić information content (AvgIpc) is 2.40. The molecule has 0 bridgehead atoms. The first-order chi connectivity index (χ1) is 8.78. The molecule has 18 heavy (non-hydrogen) atoms. The van der Waals surface area contributed by atoms with E-state index in [1.807, 2.05) is 6.20 Å². The zero-order valence-corrected chi connectivity index (χ0v) is 12.6. The Balaban J connectivity index is 1.83. The summed E-state index contributed by atoms with van der Waals surface area (Å²) >= 11 is 3.42. The molecule has 0 saturated carbocycles. The molecule has 1 N–H and O–H groups in total. The minimum atomic E-state index is 0.800. The number of piperidine rings is 1. The second kappa shape index (κ2) is 7.22. The largest absolute Gasteiger partial charge is 0.317 e. The third kappa shape index (κ3) is 4.34. The number of nitrogens with zero attached hydrogens (tertiary/aromatic N) is 2. The van der Waals surface area contributed by atoms with Crippen LogP contribution in [0.3, 0.4) is 0 Å². The summed E-state index contributed by atoms with van der Waals surface area (Å²) < 4.78 is 1.05. The fraction of sp³-hybridized carbons (Fsp3) is 0.643. The molecule has 100 valence electrons. The molecular formula is C14H22BrN3. The van der Waals surface area contributed by atoms with Crippen molar-refractivity contribution < 1.29 is 0 Å². The van der Waals surface area contributed by atoms with Crippen molar-refractivity contribution in [2.75, 3.05) is 26.2 Å². The summed E-state index contributed by atoms with van der Waals surface area (Å²) in [5, 5.41) is 3.46. The molecular weight excluding hydrogens is 290 g/mol. The molecule has 1 aliphatic rings. The van der Waals surface area contributed by atoms with Gasteiger partial charge in [0.25, 0.3) is 0 Å². The second-order valence-corrected chi connectivity index (χ2v) is 5.93. The number of rotatable bonds is 5. The lowest BCUT2D eigenvalue weighted by molar-refractivity contribution is 0.164. The van der Waals surface area contributed by atoms with E-state index in [1.165, 1.54) is 31.6 Å². The summed E-state index contributed by atoms with van der Waals surface area (Å²) in [6.07, 6.45) is 4.55. The highest BCUT2D eigenvalue weighted by Gasteiger charge is 2.19. The van der Waals surface area contributed by atoms with E-state index in [-0.39, 0.29) is 0 Å². The molecule has 1 aromatic rings. The molecule has 1 saturated heterocycles. The van der Waals surface area contributed by atoms with Crippen LogP contribution in [-0.4, -0.2) is 36.1 Å². The zero-order valence-electron chi connectivity index (χ0n) is 11.0. The molecule has 1 aliphatic heterocycles. The van der Waals surface area contributed by atoms with Gasteiger partial charge in [0.2, 0.25) is 0 Å². The average molecular weight is 312 g/mol. The van der Waals surface area contributed by atoms with E-state index in [9.17, 15) is 0 Å². The predicted octanol–water partition coefficient (Wildman–Crippen LogP) is 2.67. The van der Waals surface area contributed by atoms with Crippen LogP contribution in [0.5, 0.6) is 0 Å². The Kier molecular flexibility index (Phi) is 5.60. The van der Waals surface area contributed by atoms with Crippen LogP contribution in [0.2, 0.25) is 0 Å². The third-order valence-corrected chi connectivity index (χ3v) is 3.93. The van der Waals surface area contributed by atoms with Gasteiger partial charge in [-0.15, -0.1) is 0 Å². The van der Waals surface area contributed by atoms with Gasteiger partial charge in [-0.1, -0.05) is 6.92 Å². The highest BCUT2D eigenvalue weighted by molar-refractivity contribution is 9.10. The highest BCUT2D eigenvalue weighted by Crippen LogP contribution is 2.18. The lowest BCUT2D eigenvalue weighted by Crippen LogP contribution is -2.39. The van der Waals surface area contributed by atoms with E-state index >= 15 is 0 Å². The van der Waals surface area contributed by atoms with Crippen LogP contribution in [0.4, 0.5) is 0 Å². The normalized spacial score (nSPS) is 21.1. The van der Waals surface area contributed by atoms with Crippen molar-refractivity contribution in [1.82, 2.24) is 15.2 Å². The van der Waals surface area contributed by atoms with Crippen LogP contribution >= 0.6 is 15.9 Å². The molecule has 1 fully saturated rings. The Morgan fingerprint density at radius 2 is 2.39 bits per heavy atom. The molecule has 0 aromatic carbocycles. The maximum Gasteiger partial charge on any atom is 0.0544 e. The first-order valence-electron chi connectivity index (χ1n) is 6.81. The number of halogens is 1. The monoisotopic (exact) mass is 311 g/mol. The fourth-order valence-electron chi connectivity index (χ4n) is 2.54. The molecule has 0 aliphatic carbocycles. The number of nitrogens with one attached hydrogen (secondary N) is 1. The third-order valence-electron chi connectivity index (χ3n) is 3.46. The minimum absolute atomic E-state index is 0.800. The molecule has 0 radical (unpaired) electrons. The van der Waals surface area contributed by atoms with E-state index in [0.29, 0.717) is 0 Å². The van der Waals surface area contributed by atoms with Crippen LogP contribution in [0.15, 0.2) is 22.8 Å². The van der Waals surface area contributed by atoms with Crippen LogP contribution in [0.1, 0.15) is 25.5 Å². The quantitative estimate of drug-likeness (QED) is 0.906. The van der Waals surface area contributed by atoms with E-state index in [0.717, 1.165) is 30.0 Å². The van der Waals surface area contributed by atoms with E-state index in [1.54, 1.807) is 0 Å². The van der Waals surface area contributed by atoms with Gasteiger partial charge in [-0.3, -0.25) is 9.88 Å². The van der Waals surface area contributed by atoms with E-state index in [4.69, 9.17) is 0 Å². The first-order valence-corrected chi connectivity index (χ1v) is 7.60. The van der Waals surface area contributed by atoms with Gasteiger partial charge in [-0.2, -0.15) is 0 Å². The first kappa shape index (κ1) is 14.0. The molecule has 0 amide bonds. The van der Waals surface area contributed by atoms with Crippen LogP contribution < -0.4 is 5.32 Å². The molecule has 4 heteroatoms. The second-order valence-electron chi connectivity index (χ2n) is 5.02. The Bertz CT molecular complexity index is 353. The summed E-state index contributed by atoms with van der Waals surface area (Å²) in [5.74, 6) is 0.800. The van der Waals surface area contributed by atoms with Crippen molar-refractivity contribution in [1.29, 1.82) is 0 Å². The van der Waals surface area contributed by atoms with Gasteiger partial charge in [-0.05, 0) is 66.5 Å². The lowest BCUT2D eigenvalue weighted by Gasteiger charge is -2.32. The van der Waals surface area contributed by atoms with Gasteiger partial charge in [0, 0.05) is 23.8 Å². The van der Waals surface area contributed by atoms with Crippen LogP contribution in [-0.2, 0) is 6.54 Å². The van der Waals surface area contributed by atoms with E-state index in [2.05, 4.69) is 50.2 Å². The lowest BCUT2D eigenvalue weighted by atomic mass is 9.98. The molecule has 3 nitrogen and oxygen atoms in total. The van der Waals surface area contributed by atoms with Gasteiger partial charge in [0.15, 0.2) is 0 Å². The number of pyridine rings is 1. The van der Waals surface area contributed by atoms with Gasteiger partial charge >= 0.3 is 0 Å². The highest BCUT2D eigenvalue weighted by atomic mass is 79.9. The van der Waals surface area contributed by atoms with E-state index < -0.39 is 0 Å². The maximum atomic E-state index is 4.46. The summed E-state index contributed by atoms with van der Waals surface area (Å²) in [7, 11) is 0. The van der Waals surface area contributed by atoms with Crippen molar-refractivity contribution in [3.05, 3.63) is 28.5 Å². The van der Waals surface area contributed by atoms with Crippen molar-refractivity contribution in [3.8, 4) is 0 Å². The Labute approximate surface area is 118 Å². The van der Waals surface area contributed by atoms with Crippen LogP contribution in [0, 0.1) is 5.92 Å².